The van der Waals surface area contributed by atoms with Gasteiger partial charge in [0.2, 0.25) is 11.8 Å². The third kappa shape index (κ3) is 5.71. The normalized spacial score (nSPS) is 15.4. The van der Waals surface area contributed by atoms with E-state index in [2.05, 4.69) is 10.3 Å². The molecule has 1 saturated heterocycles. The Morgan fingerprint density at radius 1 is 1.24 bits per heavy atom. The van der Waals surface area contributed by atoms with Crippen molar-refractivity contribution in [2.45, 2.75) is 40.0 Å². The number of likely N-dealkylation sites (tertiary alicyclic amines) is 1. The van der Waals surface area contributed by atoms with Gasteiger partial charge >= 0.3 is 0 Å². The molecule has 3 rings (SSSR count). The Kier molecular flexibility index (Phi) is 6.87. The second kappa shape index (κ2) is 9.02. The average Bonchev–Trinajstić information content (AvgIpc) is 3.09. The zero-order chi connectivity index (χ0) is 21.2. The molecule has 1 aromatic heterocycles. The minimum atomic E-state index is -0.390. The van der Waals surface area contributed by atoms with Crippen LogP contribution in [0.1, 0.15) is 44.1 Å². The van der Waals surface area contributed by atoms with Gasteiger partial charge in [-0.25, -0.2) is 4.98 Å². The predicted molar refractivity (Wildman–Crippen MR) is 119 cm³/mol. The number of hydrogen-bond acceptors (Lipinski definition) is 4. The number of amides is 2. The summed E-state index contributed by atoms with van der Waals surface area (Å²) < 4.78 is 0. The first-order chi connectivity index (χ1) is 13.6. The van der Waals surface area contributed by atoms with E-state index < -0.39 is 0 Å². The van der Waals surface area contributed by atoms with Crippen molar-refractivity contribution in [1.29, 1.82) is 0 Å². The summed E-state index contributed by atoms with van der Waals surface area (Å²) in [6.45, 7) is 7.00. The number of anilines is 1. The van der Waals surface area contributed by atoms with Crippen LogP contribution in [-0.4, -0.2) is 34.8 Å². The van der Waals surface area contributed by atoms with E-state index in [1.165, 1.54) is 11.3 Å². The van der Waals surface area contributed by atoms with Crippen LogP contribution < -0.4 is 5.32 Å². The molecule has 0 saturated carbocycles. The number of thiazole rings is 1. The fourth-order valence-corrected chi connectivity index (χ4v) is 4.64. The highest BCUT2D eigenvalue weighted by molar-refractivity contribution is 7.15. The number of hydrogen-bond donors (Lipinski definition) is 1. The standard InChI is InChI=1S/C21H25Cl2N3O2S/c1-21(2,3)19(28)26-8-6-13(7-9-26)18(27)25-20-24-12-16(29-20)10-14-4-5-15(22)11-17(14)23/h4-5,11-13H,6-10H2,1-3H3,(H,24,25,27). The lowest BCUT2D eigenvalue weighted by Gasteiger charge is -2.35. The fraction of sp³-hybridized carbons (Fsp3) is 0.476. The van der Waals surface area contributed by atoms with Gasteiger partial charge in [-0.2, -0.15) is 0 Å². The monoisotopic (exact) mass is 453 g/mol. The average molecular weight is 454 g/mol. The van der Waals surface area contributed by atoms with E-state index in [1.807, 2.05) is 37.8 Å². The molecule has 0 atom stereocenters. The Hall–Kier alpha value is -1.63. The van der Waals surface area contributed by atoms with E-state index in [9.17, 15) is 9.59 Å². The first kappa shape index (κ1) is 22.1. The van der Waals surface area contributed by atoms with Gasteiger partial charge in [-0.15, -0.1) is 11.3 Å². The van der Waals surface area contributed by atoms with Crippen molar-refractivity contribution in [3.8, 4) is 0 Å². The van der Waals surface area contributed by atoms with Crippen molar-refractivity contribution >= 4 is 51.5 Å². The molecular weight excluding hydrogens is 429 g/mol. The highest BCUT2D eigenvalue weighted by Crippen LogP contribution is 2.28. The van der Waals surface area contributed by atoms with Crippen molar-refractivity contribution in [1.82, 2.24) is 9.88 Å². The summed E-state index contributed by atoms with van der Waals surface area (Å²) in [5, 5.41) is 4.73. The van der Waals surface area contributed by atoms with Crippen molar-refractivity contribution in [3.63, 3.8) is 0 Å². The molecule has 0 bridgehead atoms. The second-order valence-corrected chi connectivity index (χ2v) is 10.3. The Labute approximate surface area is 185 Å². The van der Waals surface area contributed by atoms with E-state index in [4.69, 9.17) is 23.2 Å². The molecule has 1 fully saturated rings. The van der Waals surface area contributed by atoms with Gasteiger partial charge in [0.25, 0.3) is 0 Å². The van der Waals surface area contributed by atoms with Crippen molar-refractivity contribution in [2.75, 3.05) is 18.4 Å². The molecule has 0 unspecified atom stereocenters. The Morgan fingerprint density at radius 2 is 1.93 bits per heavy atom. The summed E-state index contributed by atoms with van der Waals surface area (Å²) in [4.78, 5) is 32.2. The molecule has 2 aromatic rings. The maximum Gasteiger partial charge on any atom is 0.229 e. The molecule has 1 aliphatic rings. The van der Waals surface area contributed by atoms with Gasteiger partial charge in [0.15, 0.2) is 5.13 Å². The largest absolute Gasteiger partial charge is 0.342 e. The molecule has 0 spiro atoms. The van der Waals surface area contributed by atoms with Crippen LogP contribution in [0.25, 0.3) is 0 Å². The van der Waals surface area contributed by atoms with Gasteiger partial charge < -0.3 is 10.2 Å². The molecule has 29 heavy (non-hydrogen) atoms. The Morgan fingerprint density at radius 3 is 2.55 bits per heavy atom. The predicted octanol–water partition coefficient (Wildman–Crippen LogP) is 5.26. The van der Waals surface area contributed by atoms with Crippen LogP contribution >= 0.6 is 34.5 Å². The number of halogens is 2. The van der Waals surface area contributed by atoms with E-state index in [0.717, 1.165) is 10.4 Å². The summed E-state index contributed by atoms with van der Waals surface area (Å²) in [7, 11) is 0. The number of nitrogens with zero attached hydrogens (tertiary/aromatic N) is 2. The zero-order valence-corrected chi connectivity index (χ0v) is 19.1. The zero-order valence-electron chi connectivity index (χ0n) is 16.8. The van der Waals surface area contributed by atoms with Crippen molar-refractivity contribution in [3.05, 3.63) is 44.9 Å². The van der Waals surface area contributed by atoms with Gasteiger partial charge in [-0.1, -0.05) is 50.0 Å². The maximum atomic E-state index is 12.6. The quantitative estimate of drug-likeness (QED) is 0.685. The van der Waals surface area contributed by atoms with Crippen LogP contribution in [0.3, 0.4) is 0 Å². The van der Waals surface area contributed by atoms with Gasteiger partial charge in [0.1, 0.15) is 0 Å². The van der Waals surface area contributed by atoms with E-state index in [1.54, 1.807) is 12.3 Å². The molecule has 2 amide bonds. The number of rotatable bonds is 4. The molecule has 8 heteroatoms. The first-order valence-electron chi connectivity index (χ1n) is 9.62. The number of aromatic nitrogens is 1. The molecule has 156 valence electrons. The summed E-state index contributed by atoms with van der Waals surface area (Å²) in [6.07, 6.45) is 3.74. The molecule has 1 N–H and O–H groups in total. The number of piperidine rings is 1. The summed E-state index contributed by atoms with van der Waals surface area (Å²) in [5.74, 6) is 0.0112. The molecule has 2 heterocycles. The SMILES string of the molecule is CC(C)(C)C(=O)N1CCC(C(=O)Nc2ncc(Cc3ccc(Cl)cc3Cl)s2)CC1. The number of carbonyl (C=O) groups is 2. The van der Waals surface area contributed by atoms with Crippen LogP contribution in [0.2, 0.25) is 10.0 Å². The second-order valence-electron chi connectivity index (χ2n) is 8.35. The third-order valence-corrected chi connectivity index (χ3v) is 6.46. The molecule has 1 aromatic carbocycles. The topological polar surface area (TPSA) is 62.3 Å². The highest BCUT2D eigenvalue weighted by Gasteiger charge is 2.32. The van der Waals surface area contributed by atoms with E-state index in [0.29, 0.717) is 47.5 Å². The highest BCUT2D eigenvalue weighted by atomic mass is 35.5. The lowest BCUT2D eigenvalue weighted by atomic mass is 9.91. The summed E-state index contributed by atoms with van der Waals surface area (Å²) in [5.41, 5.74) is 0.577. The molecule has 0 radical (unpaired) electrons. The van der Waals surface area contributed by atoms with Crippen LogP contribution in [0.4, 0.5) is 5.13 Å². The molecule has 0 aliphatic carbocycles. The Balaban J connectivity index is 1.54. The maximum absolute atomic E-state index is 12.6. The van der Waals surface area contributed by atoms with Crippen LogP contribution in [-0.2, 0) is 16.0 Å². The molecular formula is C21H25Cl2N3O2S. The molecule has 1 aliphatic heterocycles. The van der Waals surface area contributed by atoms with Gasteiger partial charge in [-0.05, 0) is 30.5 Å². The minimum absolute atomic E-state index is 0.0294. The van der Waals surface area contributed by atoms with Gasteiger partial charge in [0, 0.05) is 52.0 Å². The summed E-state index contributed by atoms with van der Waals surface area (Å²) in [6, 6.07) is 5.43. The molecule has 5 nitrogen and oxygen atoms in total. The third-order valence-electron chi connectivity index (χ3n) is 4.96. The fourth-order valence-electron chi connectivity index (χ4n) is 3.33. The van der Waals surface area contributed by atoms with E-state index >= 15 is 0 Å². The van der Waals surface area contributed by atoms with Gasteiger partial charge in [-0.3, -0.25) is 9.59 Å². The number of benzene rings is 1. The van der Waals surface area contributed by atoms with Crippen molar-refractivity contribution in [2.24, 2.45) is 11.3 Å². The lowest BCUT2D eigenvalue weighted by Crippen LogP contribution is -2.45. The lowest BCUT2D eigenvalue weighted by molar-refractivity contribution is -0.142. The minimum Gasteiger partial charge on any atom is -0.342 e. The van der Waals surface area contributed by atoms with Crippen LogP contribution in [0, 0.1) is 11.3 Å². The van der Waals surface area contributed by atoms with Crippen LogP contribution in [0.5, 0.6) is 0 Å². The smallest absolute Gasteiger partial charge is 0.229 e. The van der Waals surface area contributed by atoms with Gasteiger partial charge in [0.05, 0.1) is 0 Å². The number of nitrogens with one attached hydrogen (secondary N) is 1. The first-order valence-corrected chi connectivity index (χ1v) is 11.2. The van der Waals surface area contributed by atoms with Crippen molar-refractivity contribution < 1.29 is 9.59 Å². The van der Waals surface area contributed by atoms with E-state index in [-0.39, 0.29) is 23.1 Å². The summed E-state index contributed by atoms with van der Waals surface area (Å²) >= 11 is 13.6. The Bertz CT molecular complexity index is 900. The number of carbonyl (C=O) groups excluding carboxylic acids is 2. The van der Waals surface area contributed by atoms with Crippen LogP contribution in [0.15, 0.2) is 24.4 Å².